The molecule has 0 bridgehead atoms. The monoisotopic (exact) mass is 373 g/mol. The van der Waals surface area contributed by atoms with Crippen LogP contribution in [0.25, 0.3) is 0 Å². The van der Waals surface area contributed by atoms with Crippen LogP contribution in [0.1, 0.15) is 23.1 Å². The Kier molecular flexibility index (Phi) is 5.78. The van der Waals surface area contributed by atoms with Gasteiger partial charge in [-0.2, -0.15) is 0 Å². The van der Waals surface area contributed by atoms with E-state index >= 15 is 0 Å². The number of hydrogen-bond donors (Lipinski definition) is 1. The van der Waals surface area contributed by atoms with E-state index in [1.807, 2.05) is 25.1 Å². The first kappa shape index (κ1) is 18.3. The molecule has 0 heterocycles. The molecule has 3 rings (SSSR count). The lowest BCUT2D eigenvalue weighted by Crippen LogP contribution is -2.24. The molecule has 0 saturated carbocycles. The zero-order chi connectivity index (χ0) is 18.5. The Morgan fingerprint density at radius 2 is 1.88 bits per heavy atom. The van der Waals surface area contributed by atoms with Gasteiger partial charge < -0.3 is 14.8 Å². The Morgan fingerprint density at radius 1 is 1.08 bits per heavy atom. The number of nitrogens with one attached hydrogen (secondary N) is 1. The van der Waals surface area contributed by atoms with E-state index in [4.69, 9.17) is 21.1 Å². The standard InChI is InChI=1S/C20H20ClNO4/c1-13-9-16(21)6-8-18(13)22-19(23)11-26-20(24)12-25-17-7-5-14-3-2-4-15(14)10-17/h5-10H,2-4,11-12H2,1H3,(H,22,23). The molecule has 136 valence electrons. The van der Waals surface area contributed by atoms with Gasteiger partial charge in [0.1, 0.15) is 5.75 Å². The summed E-state index contributed by atoms with van der Waals surface area (Å²) < 4.78 is 10.4. The Labute approximate surface area is 157 Å². The Balaban J connectivity index is 1.43. The van der Waals surface area contributed by atoms with Crippen molar-refractivity contribution in [2.75, 3.05) is 18.5 Å². The zero-order valence-electron chi connectivity index (χ0n) is 14.5. The second kappa shape index (κ2) is 8.23. The van der Waals surface area contributed by atoms with Crippen LogP contribution in [-0.2, 0) is 27.2 Å². The first-order valence-corrected chi connectivity index (χ1v) is 8.85. The number of benzene rings is 2. The van der Waals surface area contributed by atoms with Gasteiger partial charge in [0, 0.05) is 10.7 Å². The van der Waals surface area contributed by atoms with Crippen molar-refractivity contribution in [2.24, 2.45) is 0 Å². The molecule has 2 aromatic rings. The molecule has 1 aliphatic carbocycles. The number of hydrogen-bond acceptors (Lipinski definition) is 4. The first-order valence-electron chi connectivity index (χ1n) is 8.47. The lowest BCUT2D eigenvalue weighted by molar-refractivity contribution is -0.149. The molecule has 0 radical (unpaired) electrons. The predicted octanol–water partition coefficient (Wildman–Crippen LogP) is 3.70. The number of carbonyl (C=O) groups is 2. The number of anilines is 1. The summed E-state index contributed by atoms with van der Waals surface area (Å²) in [6.45, 7) is 1.23. The van der Waals surface area contributed by atoms with Crippen LogP contribution in [0.4, 0.5) is 5.69 Å². The highest BCUT2D eigenvalue weighted by atomic mass is 35.5. The number of esters is 1. The summed E-state index contributed by atoms with van der Waals surface area (Å²) >= 11 is 5.88. The van der Waals surface area contributed by atoms with Gasteiger partial charge >= 0.3 is 5.97 Å². The lowest BCUT2D eigenvalue weighted by Gasteiger charge is -2.10. The number of carbonyl (C=O) groups excluding carboxylic acids is 2. The van der Waals surface area contributed by atoms with Crippen LogP contribution in [0.5, 0.6) is 5.75 Å². The van der Waals surface area contributed by atoms with Crippen LogP contribution in [0.2, 0.25) is 5.02 Å². The predicted molar refractivity (Wildman–Crippen MR) is 99.7 cm³/mol. The molecule has 0 aliphatic heterocycles. The van der Waals surface area contributed by atoms with Gasteiger partial charge in [0.2, 0.25) is 0 Å². The fourth-order valence-electron chi connectivity index (χ4n) is 2.92. The maximum absolute atomic E-state index is 11.9. The summed E-state index contributed by atoms with van der Waals surface area (Å²) in [4.78, 5) is 23.7. The van der Waals surface area contributed by atoms with Gasteiger partial charge in [0.25, 0.3) is 5.91 Å². The number of amides is 1. The third-order valence-electron chi connectivity index (χ3n) is 4.25. The Morgan fingerprint density at radius 3 is 2.69 bits per heavy atom. The molecule has 0 saturated heterocycles. The van der Waals surface area contributed by atoms with Gasteiger partial charge in [-0.1, -0.05) is 17.7 Å². The first-order chi connectivity index (χ1) is 12.5. The van der Waals surface area contributed by atoms with Crippen LogP contribution in [0, 0.1) is 6.92 Å². The normalized spacial score (nSPS) is 12.4. The molecule has 0 aromatic heterocycles. The number of aryl methyl sites for hydroxylation is 3. The van der Waals surface area contributed by atoms with Crippen LogP contribution in [-0.4, -0.2) is 25.1 Å². The second-order valence-electron chi connectivity index (χ2n) is 6.24. The average molecular weight is 374 g/mol. The molecule has 0 atom stereocenters. The van der Waals surface area contributed by atoms with E-state index in [0.29, 0.717) is 16.5 Å². The summed E-state index contributed by atoms with van der Waals surface area (Å²) in [5, 5.41) is 3.27. The number of rotatable bonds is 6. The summed E-state index contributed by atoms with van der Waals surface area (Å²) in [5.74, 6) is -0.362. The van der Waals surface area contributed by atoms with E-state index < -0.39 is 11.9 Å². The quantitative estimate of drug-likeness (QED) is 0.784. The van der Waals surface area contributed by atoms with Crippen molar-refractivity contribution >= 4 is 29.2 Å². The molecular weight excluding hydrogens is 354 g/mol. The van der Waals surface area contributed by atoms with Crippen molar-refractivity contribution in [3.63, 3.8) is 0 Å². The molecule has 0 fully saturated rings. The highest BCUT2D eigenvalue weighted by Gasteiger charge is 2.13. The maximum atomic E-state index is 11.9. The topological polar surface area (TPSA) is 64.6 Å². The van der Waals surface area contributed by atoms with Crippen molar-refractivity contribution in [2.45, 2.75) is 26.2 Å². The number of halogens is 1. The van der Waals surface area contributed by atoms with Gasteiger partial charge in [-0.05, 0) is 73.2 Å². The van der Waals surface area contributed by atoms with Gasteiger partial charge in [-0.15, -0.1) is 0 Å². The Bertz CT molecular complexity index is 835. The summed E-state index contributed by atoms with van der Waals surface area (Å²) in [5.41, 5.74) is 4.07. The minimum atomic E-state index is -0.589. The summed E-state index contributed by atoms with van der Waals surface area (Å²) in [7, 11) is 0. The van der Waals surface area contributed by atoms with Crippen LogP contribution < -0.4 is 10.1 Å². The number of ether oxygens (including phenoxy) is 2. The van der Waals surface area contributed by atoms with E-state index in [1.54, 1.807) is 18.2 Å². The molecular formula is C20H20ClNO4. The average Bonchev–Trinajstić information content (AvgIpc) is 3.08. The third-order valence-corrected chi connectivity index (χ3v) is 4.49. The van der Waals surface area contributed by atoms with Crippen molar-refractivity contribution in [3.05, 3.63) is 58.1 Å². The van der Waals surface area contributed by atoms with Crippen molar-refractivity contribution in [1.29, 1.82) is 0 Å². The fourth-order valence-corrected chi connectivity index (χ4v) is 3.15. The highest BCUT2D eigenvalue weighted by molar-refractivity contribution is 6.30. The van der Waals surface area contributed by atoms with Gasteiger partial charge in [-0.3, -0.25) is 4.79 Å². The largest absolute Gasteiger partial charge is 0.482 e. The van der Waals surface area contributed by atoms with Crippen LogP contribution >= 0.6 is 11.6 Å². The second-order valence-corrected chi connectivity index (χ2v) is 6.68. The molecule has 1 amide bonds. The molecule has 26 heavy (non-hydrogen) atoms. The third kappa shape index (κ3) is 4.76. The minimum absolute atomic E-state index is 0.230. The molecule has 2 aromatic carbocycles. The van der Waals surface area contributed by atoms with Gasteiger partial charge in [0.05, 0.1) is 0 Å². The molecule has 1 aliphatic rings. The van der Waals surface area contributed by atoms with E-state index in [-0.39, 0.29) is 13.2 Å². The van der Waals surface area contributed by atoms with E-state index in [1.165, 1.54) is 11.1 Å². The molecule has 6 heteroatoms. The summed E-state index contributed by atoms with van der Waals surface area (Å²) in [6.07, 6.45) is 3.30. The van der Waals surface area contributed by atoms with Gasteiger partial charge in [0.15, 0.2) is 13.2 Å². The molecule has 0 spiro atoms. The van der Waals surface area contributed by atoms with Crippen molar-refractivity contribution < 1.29 is 19.1 Å². The Hall–Kier alpha value is -2.53. The van der Waals surface area contributed by atoms with Crippen molar-refractivity contribution in [3.8, 4) is 5.75 Å². The van der Waals surface area contributed by atoms with E-state index in [0.717, 1.165) is 24.8 Å². The highest BCUT2D eigenvalue weighted by Crippen LogP contribution is 2.26. The fraction of sp³-hybridized carbons (Fsp3) is 0.300. The molecule has 1 N–H and O–H groups in total. The molecule has 0 unspecified atom stereocenters. The number of fused-ring (bicyclic) bond motifs is 1. The SMILES string of the molecule is Cc1cc(Cl)ccc1NC(=O)COC(=O)COc1ccc2c(c1)CCC2. The van der Waals surface area contributed by atoms with Crippen molar-refractivity contribution in [1.82, 2.24) is 0 Å². The van der Waals surface area contributed by atoms with E-state index in [2.05, 4.69) is 5.32 Å². The maximum Gasteiger partial charge on any atom is 0.344 e. The van der Waals surface area contributed by atoms with Crippen LogP contribution in [0.3, 0.4) is 0 Å². The summed E-state index contributed by atoms with van der Waals surface area (Å²) in [6, 6.07) is 11.0. The minimum Gasteiger partial charge on any atom is -0.482 e. The molecule has 5 nitrogen and oxygen atoms in total. The van der Waals surface area contributed by atoms with Crippen LogP contribution in [0.15, 0.2) is 36.4 Å². The van der Waals surface area contributed by atoms with Gasteiger partial charge in [-0.25, -0.2) is 4.79 Å². The smallest absolute Gasteiger partial charge is 0.344 e. The van der Waals surface area contributed by atoms with E-state index in [9.17, 15) is 9.59 Å². The lowest BCUT2D eigenvalue weighted by atomic mass is 10.1. The zero-order valence-corrected chi connectivity index (χ0v) is 15.3.